The Kier molecular flexibility index (Phi) is 18.1. The summed E-state index contributed by atoms with van der Waals surface area (Å²) in [6.45, 7) is 23.2. The molecule has 28 rings (SSSR count). The van der Waals surface area contributed by atoms with E-state index in [2.05, 4.69) is 441 Å². The second kappa shape index (κ2) is 31.0. The van der Waals surface area contributed by atoms with Crippen molar-refractivity contribution in [1.82, 2.24) is 0 Å². The van der Waals surface area contributed by atoms with E-state index in [0.29, 0.717) is 11.8 Å². The summed E-state index contributed by atoms with van der Waals surface area (Å²) in [5.74, 6) is 2.13. The normalized spacial score (nSPS) is 14.1. The van der Waals surface area contributed by atoms with Crippen LogP contribution in [-0.4, -0.2) is 0 Å². The first-order valence-electron chi connectivity index (χ1n) is 49.6. The van der Waals surface area contributed by atoms with Crippen molar-refractivity contribution >= 4 is 249 Å². The minimum absolute atomic E-state index is 0.0802. The second-order valence-electron chi connectivity index (χ2n) is 40.4. The highest BCUT2D eigenvalue weighted by Gasteiger charge is 2.37. The molecular weight excluding hydrogens is 1710 g/mol. The molecule has 0 amide bonds. The number of hydrogen-bond acceptors (Lipinski definition) is 10. The number of allylic oxidation sites excluding steroid dienone is 1. The maximum Gasteiger partial charge on any atom is 0.159 e. The van der Waals surface area contributed by atoms with Crippen LogP contribution >= 0.6 is 0 Å². The molecule has 0 spiro atoms. The van der Waals surface area contributed by atoms with Crippen LogP contribution in [0.3, 0.4) is 0 Å². The Morgan fingerprint density at radius 2 is 0.643 bits per heavy atom. The Labute approximate surface area is 808 Å². The Morgan fingerprint density at radius 1 is 0.257 bits per heavy atom. The van der Waals surface area contributed by atoms with Crippen LogP contribution in [0, 0.1) is 5.92 Å². The fourth-order valence-corrected chi connectivity index (χ4v) is 24.2. The standard InChI is InChI=1S/C130H98N4O6/c1-71(2)77-43-51-82(52-44-77)131(105-33-19-28-91-85-24-11-15-38-113(85)135-125(91)105)103-61-49-81-67-76(10)119-104(62-48-79-47-55-96(103)120(81)121(79)119)132(83-53-45-78(46-54-83)72(3)4)106-34-23-32-95-101-68-80(50-65-117(101)139-129(95)106)84-60-63-110(130-124(84)102-66-75(9)42-64-118(102)140-130)134(109-37-22-31-94-88-27-14-18-41-116(88)138-128(94)109)112-70-100(74(7)8)90-56-58-97-111(69-99(73(5)6)89-57-59-98(112)123(90)122(89)97)133(107-35-20-29-92-86-25-12-16-39-114(86)136-126(92)107)108-36-21-30-93-87-26-13-17-40-115(87)137-127(93)108/h11-65,68-76H,66-67H2,1-10H3. The van der Waals surface area contributed by atoms with Crippen LogP contribution in [0.25, 0.3) is 192 Å². The zero-order valence-electron chi connectivity index (χ0n) is 79.6. The molecule has 0 saturated heterocycles. The van der Waals surface area contributed by atoms with Crippen LogP contribution in [-0.2, 0) is 12.8 Å². The van der Waals surface area contributed by atoms with E-state index in [1.54, 1.807) is 0 Å². The molecule has 20 aromatic carbocycles. The number of furan rings is 6. The number of anilines is 12. The second-order valence-corrected chi connectivity index (χ2v) is 40.4. The Morgan fingerprint density at radius 3 is 1.11 bits per heavy atom. The quantitative estimate of drug-likeness (QED) is 0.0821. The molecule has 10 heteroatoms. The van der Waals surface area contributed by atoms with Crippen molar-refractivity contribution in [2.24, 2.45) is 5.92 Å². The lowest BCUT2D eigenvalue weighted by molar-refractivity contribution is 0.584. The fourth-order valence-electron chi connectivity index (χ4n) is 24.2. The van der Waals surface area contributed by atoms with Gasteiger partial charge in [0.1, 0.15) is 33.7 Å². The molecule has 140 heavy (non-hydrogen) atoms. The van der Waals surface area contributed by atoms with E-state index >= 15 is 0 Å². The van der Waals surface area contributed by atoms with Crippen molar-refractivity contribution in [2.75, 3.05) is 19.6 Å². The molecule has 2 atom stereocenters. The van der Waals surface area contributed by atoms with Gasteiger partial charge in [-0.25, -0.2) is 0 Å². The molecule has 0 aliphatic heterocycles. The molecule has 2 unspecified atom stereocenters. The van der Waals surface area contributed by atoms with E-state index in [9.17, 15) is 0 Å². The SMILES string of the molecule is CC1C=Cc2oc3c(N(c4cc(C(C)C)c5ccc6c(N(c7cccc8c7oc7ccccc78)c7cccc8c7oc7ccccc78)cc(C(C)C)c7ccc4c5c76)c4cccc5c4oc4ccccc45)ccc(-c4ccc5oc6c(N(c7ccc(C(C)C)cc7)c7ccc8ccc9c(N(c%10ccc(C(C)C)cc%10)c%10cccc%11c%10oc%10ccccc%10%11)ccc%10c9c8c7C(C)C%10)cccc6c5c4)c3c2C1. The van der Waals surface area contributed by atoms with Gasteiger partial charge in [0.2, 0.25) is 0 Å². The summed E-state index contributed by atoms with van der Waals surface area (Å²) in [5, 5.41) is 23.5. The smallest absolute Gasteiger partial charge is 0.159 e. The maximum atomic E-state index is 7.74. The molecule has 6 aromatic heterocycles. The summed E-state index contributed by atoms with van der Waals surface area (Å²) in [5.41, 5.74) is 31.8. The first kappa shape index (κ1) is 81.8. The zero-order chi connectivity index (χ0) is 93.6. The van der Waals surface area contributed by atoms with E-state index < -0.39 is 0 Å². The van der Waals surface area contributed by atoms with Gasteiger partial charge in [-0.05, 0) is 258 Å². The fraction of sp³-hybridized carbons (Fsp3) is 0.138. The lowest BCUT2D eigenvalue weighted by Gasteiger charge is -2.34. The van der Waals surface area contributed by atoms with Gasteiger partial charge in [-0.2, -0.15) is 0 Å². The molecule has 0 saturated carbocycles. The van der Waals surface area contributed by atoms with Crippen molar-refractivity contribution in [3.63, 3.8) is 0 Å². The van der Waals surface area contributed by atoms with Gasteiger partial charge < -0.3 is 46.1 Å². The number of nitrogens with zero attached hydrogens (tertiary/aromatic N) is 4. The average Bonchev–Trinajstić information content (AvgIpc) is 1.63. The van der Waals surface area contributed by atoms with Gasteiger partial charge in [0.25, 0.3) is 0 Å². The van der Waals surface area contributed by atoms with Gasteiger partial charge in [-0.3, -0.25) is 0 Å². The summed E-state index contributed by atoms with van der Waals surface area (Å²) in [6, 6.07) is 126. The third-order valence-electron chi connectivity index (χ3n) is 30.8. The summed E-state index contributed by atoms with van der Waals surface area (Å²) in [7, 11) is 0. The van der Waals surface area contributed by atoms with Crippen LogP contribution < -0.4 is 19.6 Å². The van der Waals surface area contributed by atoms with Gasteiger partial charge in [0.05, 0.1) is 56.9 Å². The molecule has 674 valence electrons. The predicted molar refractivity (Wildman–Crippen MR) is 586 cm³/mol. The highest BCUT2D eigenvalue weighted by molar-refractivity contribution is 6.32. The number of rotatable bonds is 17. The van der Waals surface area contributed by atoms with Gasteiger partial charge >= 0.3 is 0 Å². The highest BCUT2D eigenvalue weighted by Crippen LogP contribution is 2.60. The van der Waals surface area contributed by atoms with Gasteiger partial charge in [-0.15, -0.1) is 0 Å². The van der Waals surface area contributed by atoms with E-state index in [0.717, 1.165) is 229 Å². The molecule has 2 aliphatic carbocycles. The Hall–Kier alpha value is -16.6. The summed E-state index contributed by atoms with van der Waals surface area (Å²) < 4.78 is 43.8. The van der Waals surface area contributed by atoms with E-state index in [1.165, 1.54) is 82.0 Å². The van der Waals surface area contributed by atoms with Crippen molar-refractivity contribution in [2.45, 2.75) is 112 Å². The van der Waals surface area contributed by atoms with E-state index in [-0.39, 0.29) is 23.7 Å². The predicted octanol–water partition coefficient (Wildman–Crippen LogP) is 39.0. The van der Waals surface area contributed by atoms with Crippen molar-refractivity contribution in [3.05, 3.63) is 390 Å². The largest absolute Gasteiger partial charge is 0.454 e. The minimum Gasteiger partial charge on any atom is -0.454 e. The Balaban J connectivity index is 0.641. The Bertz CT molecular complexity index is 9630. The molecule has 0 N–H and O–H groups in total. The van der Waals surface area contributed by atoms with Crippen LogP contribution in [0.5, 0.6) is 0 Å². The summed E-state index contributed by atoms with van der Waals surface area (Å²) >= 11 is 0. The van der Waals surface area contributed by atoms with Crippen molar-refractivity contribution in [1.29, 1.82) is 0 Å². The number of hydrogen-bond donors (Lipinski definition) is 0. The third kappa shape index (κ3) is 12.1. The number of fused-ring (bicyclic) bond motifs is 18. The molecule has 10 nitrogen and oxygen atoms in total. The average molecular weight is 1810 g/mol. The lowest BCUT2D eigenvalue weighted by Crippen LogP contribution is -2.17. The molecule has 6 heterocycles. The van der Waals surface area contributed by atoms with Gasteiger partial charge in [0.15, 0.2) is 33.5 Å². The highest BCUT2D eigenvalue weighted by atomic mass is 16.4. The van der Waals surface area contributed by atoms with Crippen molar-refractivity contribution in [3.8, 4) is 11.1 Å². The molecular formula is C130H98N4O6. The van der Waals surface area contributed by atoms with Crippen molar-refractivity contribution < 1.29 is 26.5 Å². The van der Waals surface area contributed by atoms with E-state index in [4.69, 9.17) is 26.5 Å². The molecule has 0 bridgehead atoms. The van der Waals surface area contributed by atoms with Crippen LogP contribution in [0.1, 0.15) is 144 Å². The molecule has 0 radical (unpaired) electrons. The topological polar surface area (TPSA) is 91.8 Å². The van der Waals surface area contributed by atoms with Crippen LogP contribution in [0.4, 0.5) is 68.2 Å². The number of para-hydroxylation sites is 9. The number of benzene rings is 20. The maximum absolute atomic E-state index is 7.74. The summed E-state index contributed by atoms with van der Waals surface area (Å²) in [6.07, 6.45) is 6.16. The minimum atomic E-state index is 0.0802. The monoisotopic (exact) mass is 1810 g/mol. The molecule has 2 aliphatic rings. The third-order valence-corrected chi connectivity index (χ3v) is 30.8. The zero-order valence-corrected chi connectivity index (χ0v) is 79.6. The molecule has 26 aromatic rings. The summed E-state index contributed by atoms with van der Waals surface area (Å²) in [4.78, 5) is 9.87. The van der Waals surface area contributed by atoms with Gasteiger partial charge in [0, 0.05) is 92.3 Å². The molecule has 0 fully saturated rings. The first-order valence-corrected chi connectivity index (χ1v) is 49.6. The first-order chi connectivity index (χ1) is 68.6. The van der Waals surface area contributed by atoms with Gasteiger partial charge in [-0.1, -0.05) is 294 Å². The lowest BCUT2D eigenvalue weighted by atomic mass is 9.79. The van der Waals surface area contributed by atoms with Crippen LogP contribution in [0.15, 0.2) is 372 Å². The van der Waals surface area contributed by atoms with Crippen LogP contribution in [0.2, 0.25) is 0 Å². The van der Waals surface area contributed by atoms with E-state index in [1.807, 2.05) is 0 Å².